The van der Waals surface area contributed by atoms with E-state index in [-0.39, 0.29) is 5.78 Å². The molecule has 0 aliphatic heterocycles. The highest BCUT2D eigenvalue weighted by Gasteiger charge is 2.39. The number of rotatable bonds is 3. The molecule has 0 spiro atoms. The van der Waals surface area contributed by atoms with Crippen LogP contribution in [0.5, 0.6) is 0 Å². The van der Waals surface area contributed by atoms with Crippen molar-refractivity contribution >= 4 is 11.5 Å². The summed E-state index contributed by atoms with van der Waals surface area (Å²) >= 11 is 0. The first-order chi connectivity index (χ1) is 10.2. The number of pyridine rings is 1. The number of hydrogen-bond acceptors (Lipinski definition) is 3. The van der Waals surface area contributed by atoms with Crippen molar-refractivity contribution in [3.05, 3.63) is 23.0 Å². The van der Waals surface area contributed by atoms with Gasteiger partial charge in [-0.1, -0.05) is 6.42 Å². The Morgan fingerprint density at radius 1 is 1.19 bits per heavy atom. The van der Waals surface area contributed by atoms with Gasteiger partial charge in [0.05, 0.1) is 11.9 Å². The van der Waals surface area contributed by atoms with Crippen LogP contribution in [0, 0.1) is 11.8 Å². The van der Waals surface area contributed by atoms with Crippen molar-refractivity contribution in [2.75, 3.05) is 5.32 Å². The van der Waals surface area contributed by atoms with Gasteiger partial charge in [0.25, 0.3) is 0 Å². The van der Waals surface area contributed by atoms with Gasteiger partial charge in [-0.25, -0.2) is 0 Å². The quantitative estimate of drug-likeness (QED) is 0.859. The van der Waals surface area contributed by atoms with Crippen molar-refractivity contribution in [3.63, 3.8) is 0 Å². The maximum Gasteiger partial charge on any atom is 0.178 e. The molecule has 0 radical (unpaired) electrons. The fourth-order valence-corrected chi connectivity index (χ4v) is 4.80. The first kappa shape index (κ1) is 13.3. The van der Waals surface area contributed by atoms with Crippen LogP contribution < -0.4 is 5.32 Å². The van der Waals surface area contributed by atoms with Gasteiger partial charge in [0, 0.05) is 13.0 Å². The zero-order chi connectivity index (χ0) is 14.4. The van der Waals surface area contributed by atoms with Gasteiger partial charge in [-0.2, -0.15) is 0 Å². The number of Topliss-reactive ketones (excluding diaryl/α,β-unsaturated/α-hetero) is 1. The minimum Gasteiger partial charge on any atom is -0.381 e. The highest BCUT2D eigenvalue weighted by Crippen LogP contribution is 2.46. The van der Waals surface area contributed by atoms with E-state index in [9.17, 15) is 4.79 Å². The molecule has 1 aromatic rings. The Morgan fingerprint density at radius 2 is 2.00 bits per heavy atom. The number of fused-ring (bicyclic) bond motifs is 3. The molecule has 1 N–H and O–H groups in total. The third-order valence-corrected chi connectivity index (χ3v) is 5.81. The van der Waals surface area contributed by atoms with Gasteiger partial charge in [-0.05, 0) is 67.9 Å². The molecule has 0 aromatic carbocycles. The van der Waals surface area contributed by atoms with Crippen LogP contribution in [-0.2, 0) is 12.8 Å². The maximum absolute atomic E-state index is 11.8. The fraction of sp³-hybridized carbons (Fsp3) is 0.667. The van der Waals surface area contributed by atoms with Crippen LogP contribution in [0.15, 0.2) is 6.20 Å². The Balaban J connectivity index is 1.64. The summed E-state index contributed by atoms with van der Waals surface area (Å²) in [6, 6.07) is 0.639. The summed E-state index contributed by atoms with van der Waals surface area (Å²) in [4.78, 5) is 16.3. The van der Waals surface area contributed by atoms with Gasteiger partial charge in [0.15, 0.2) is 5.78 Å². The van der Waals surface area contributed by atoms with E-state index in [2.05, 4.69) is 10.3 Å². The summed E-state index contributed by atoms with van der Waals surface area (Å²) in [5.41, 5.74) is 4.53. The molecule has 0 saturated heterocycles. The predicted molar refractivity (Wildman–Crippen MR) is 83.7 cm³/mol. The zero-order valence-corrected chi connectivity index (χ0v) is 12.8. The van der Waals surface area contributed by atoms with Crippen LogP contribution in [0.2, 0.25) is 0 Å². The predicted octanol–water partition coefficient (Wildman–Crippen LogP) is 3.76. The Bertz CT molecular complexity index is 581. The summed E-state index contributed by atoms with van der Waals surface area (Å²) in [5.74, 6) is 1.93. The first-order valence-electron chi connectivity index (χ1n) is 8.50. The highest BCUT2D eigenvalue weighted by molar-refractivity contribution is 5.94. The lowest BCUT2D eigenvalue weighted by Crippen LogP contribution is -2.27. The minimum absolute atomic E-state index is 0.111. The average molecular weight is 284 g/mol. The second-order valence-electron chi connectivity index (χ2n) is 7.17. The van der Waals surface area contributed by atoms with Crippen LogP contribution in [0.4, 0.5) is 5.69 Å². The molecular weight excluding hydrogens is 260 g/mol. The first-order valence-corrected chi connectivity index (χ1v) is 8.50. The molecule has 1 aromatic heterocycles. The van der Waals surface area contributed by atoms with E-state index in [1.807, 2.05) is 6.20 Å². The lowest BCUT2D eigenvalue weighted by atomic mass is 9.88. The molecule has 21 heavy (non-hydrogen) atoms. The number of carbonyl (C=O) groups is 1. The third-order valence-electron chi connectivity index (χ3n) is 5.81. The number of aromatic nitrogens is 1. The summed E-state index contributed by atoms with van der Waals surface area (Å²) in [6.45, 7) is 1.64. The lowest BCUT2D eigenvalue weighted by Gasteiger charge is -2.28. The number of hydrogen-bond donors (Lipinski definition) is 1. The largest absolute Gasteiger partial charge is 0.381 e. The van der Waals surface area contributed by atoms with Gasteiger partial charge >= 0.3 is 0 Å². The van der Waals surface area contributed by atoms with Gasteiger partial charge < -0.3 is 5.32 Å². The molecule has 4 rings (SSSR count). The molecule has 2 fully saturated rings. The van der Waals surface area contributed by atoms with Crippen LogP contribution in [0.3, 0.4) is 0 Å². The molecule has 2 bridgehead atoms. The topological polar surface area (TPSA) is 42.0 Å². The van der Waals surface area contributed by atoms with Crippen LogP contribution >= 0.6 is 0 Å². The molecule has 0 unspecified atom stereocenters. The van der Waals surface area contributed by atoms with E-state index >= 15 is 0 Å². The standard InChI is InChI=1S/C18H24N2O/c1-11(21)18-15-5-3-2-4-14(15)17(10-19-18)20-16-9-12-6-7-13(16)8-12/h10,12-13,16,20H,2-9H2,1H3/t12-,13+,16+/m0/s1. The second kappa shape index (κ2) is 5.11. The number of nitrogens with zero attached hydrogens (tertiary/aromatic N) is 1. The van der Waals surface area contributed by atoms with E-state index in [4.69, 9.17) is 0 Å². The van der Waals surface area contributed by atoms with Crippen molar-refractivity contribution in [2.24, 2.45) is 11.8 Å². The molecule has 3 aliphatic carbocycles. The summed E-state index contributed by atoms with van der Waals surface area (Å²) < 4.78 is 0. The molecule has 2 saturated carbocycles. The second-order valence-corrected chi connectivity index (χ2v) is 7.17. The SMILES string of the molecule is CC(=O)c1ncc(N[C@@H]2C[C@H]3CC[C@@H]2C3)c2c1CCCC2. The van der Waals surface area contributed by atoms with Crippen molar-refractivity contribution < 1.29 is 4.79 Å². The van der Waals surface area contributed by atoms with Gasteiger partial charge in [-0.3, -0.25) is 9.78 Å². The zero-order valence-electron chi connectivity index (χ0n) is 12.8. The normalized spacial score (nSPS) is 30.2. The summed E-state index contributed by atoms with van der Waals surface area (Å²) in [6.07, 6.45) is 12.0. The van der Waals surface area contributed by atoms with Crippen molar-refractivity contribution in [1.82, 2.24) is 4.98 Å². The van der Waals surface area contributed by atoms with E-state index < -0.39 is 0 Å². The number of carbonyl (C=O) groups excluding carboxylic acids is 1. The van der Waals surface area contributed by atoms with E-state index in [1.165, 1.54) is 55.3 Å². The van der Waals surface area contributed by atoms with E-state index in [0.29, 0.717) is 11.7 Å². The number of anilines is 1. The van der Waals surface area contributed by atoms with Gasteiger partial charge in [0.1, 0.15) is 5.69 Å². The summed E-state index contributed by atoms with van der Waals surface area (Å²) in [5, 5.41) is 3.79. The van der Waals surface area contributed by atoms with Gasteiger partial charge in [0.2, 0.25) is 0 Å². The fourth-order valence-electron chi connectivity index (χ4n) is 4.80. The van der Waals surface area contributed by atoms with Crippen molar-refractivity contribution in [1.29, 1.82) is 0 Å². The molecule has 1 heterocycles. The molecule has 112 valence electrons. The molecule has 0 amide bonds. The van der Waals surface area contributed by atoms with Crippen molar-refractivity contribution in [3.8, 4) is 0 Å². The van der Waals surface area contributed by atoms with Crippen LogP contribution in [-0.4, -0.2) is 16.8 Å². The smallest absolute Gasteiger partial charge is 0.178 e. The minimum atomic E-state index is 0.111. The highest BCUT2D eigenvalue weighted by atomic mass is 16.1. The average Bonchev–Trinajstić information content (AvgIpc) is 3.10. The molecule has 3 heteroatoms. The Labute approximate surface area is 126 Å². The van der Waals surface area contributed by atoms with Crippen molar-refractivity contribution in [2.45, 2.75) is 64.3 Å². The molecule has 3 atom stereocenters. The van der Waals surface area contributed by atoms with E-state index in [0.717, 1.165) is 24.7 Å². The lowest BCUT2D eigenvalue weighted by molar-refractivity contribution is 0.101. The Morgan fingerprint density at radius 3 is 2.67 bits per heavy atom. The van der Waals surface area contributed by atoms with E-state index in [1.54, 1.807) is 6.92 Å². The van der Waals surface area contributed by atoms with Crippen LogP contribution in [0.25, 0.3) is 0 Å². The molecular formula is C18H24N2O. The molecule has 3 nitrogen and oxygen atoms in total. The number of nitrogens with one attached hydrogen (secondary N) is 1. The Hall–Kier alpha value is -1.38. The summed E-state index contributed by atoms with van der Waals surface area (Å²) in [7, 11) is 0. The van der Waals surface area contributed by atoms with Crippen LogP contribution in [0.1, 0.15) is 67.1 Å². The maximum atomic E-state index is 11.8. The number of ketones is 1. The van der Waals surface area contributed by atoms with Gasteiger partial charge in [-0.15, -0.1) is 0 Å². The monoisotopic (exact) mass is 284 g/mol. The Kier molecular flexibility index (Phi) is 3.24. The molecule has 3 aliphatic rings. The third kappa shape index (κ3) is 2.27.